The van der Waals surface area contributed by atoms with Crippen LogP contribution in [-0.4, -0.2) is 69.9 Å². The minimum Gasteiger partial charge on any atom is -0.459 e. The molecule has 3 unspecified atom stereocenters. The van der Waals surface area contributed by atoms with Gasteiger partial charge in [0, 0.05) is 46.0 Å². The number of fused-ring (bicyclic) bond motifs is 1. The molecule has 0 spiro atoms. The molecule has 0 bridgehead atoms. The van der Waals surface area contributed by atoms with E-state index in [1.165, 1.54) is 58.9 Å². The van der Waals surface area contributed by atoms with Crippen LogP contribution in [0.5, 0.6) is 0 Å². The Balaban J connectivity index is 1.42. The minimum atomic E-state index is -5.33. The average Bonchev–Trinajstić information content (AvgIpc) is 3.55. The van der Waals surface area contributed by atoms with Gasteiger partial charge in [0.25, 0.3) is 16.8 Å². The second-order valence-corrected chi connectivity index (χ2v) is 13.2. The Morgan fingerprint density at radius 1 is 0.714 bits per heavy atom. The van der Waals surface area contributed by atoms with Gasteiger partial charge in [-0.15, -0.1) is 0 Å². The molecule has 56 heavy (non-hydrogen) atoms. The molecule has 306 valence electrons. The lowest BCUT2D eigenvalue weighted by atomic mass is 9.92. The standard InChI is InChI=1S/C38H44F6N4O8/c1-46-25-45-30-29(46)31(49)48(34(52)47(30)2)23-17-9-7-5-6-8-16-22-28(56-33(51)36(54-4,38(42,43)44)27-20-14-11-15-21-27)24-55-32(50)35(53-3,37(39,40)41)26-18-12-10-13-19-26/h10-15,18-21,25,28H,5-9,16-17,22-24H2,1-4H3. The van der Waals surface area contributed by atoms with Crippen molar-refractivity contribution in [2.24, 2.45) is 14.1 Å². The Morgan fingerprint density at radius 2 is 1.20 bits per heavy atom. The summed E-state index contributed by atoms with van der Waals surface area (Å²) in [5.74, 6) is -3.80. The number of ether oxygens (including phenoxy) is 4. The Bertz CT molecular complexity index is 2050. The number of hydrogen-bond acceptors (Lipinski definition) is 9. The fourth-order valence-electron chi connectivity index (χ4n) is 6.57. The van der Waals surface area contributed by atoms with Gasteiger partial charge in [0.05, 0.1) is 6.33 Å². The molecule has 2 heterocycles. The van der Waals surface area contributed by atoms with E-state index in [0.29, 0.717) is 63.9 Å². The average molecular weight is 799 g/mol. The van der Waals surface area contributed by atoms with Crippen molar-refractivity contribution in [3.05, 3.63) is 99.0 Å². The number of carbonyl (C=O) groups excluding carboxylic acids is 2. The van der Waals surface area contributed by atoms with Gasteiger partial charge >= 0.3 is 30.0 Å². The monoisotopic (exact) mass is 798 g/mol. The Hall–Kier alpha value is -4.97. The molecule has 2 aromatic heterocycles. The number of halogens is 6. The van der Waals surface area contributed by atoms with Gasteiger partial charge in [0.1, 0.15) is 12.7 Å². The number of esters is 2. The van der Waals surface area contributed by atoms with E-state index < -0.39 is 70.6 Å². The molecule has 2 aromatic carbocycles. The highest BCUT2D eigenvalue weighted by atomic mass is 19.4. The normalized spacial score (nSPS) is 14.9. The second-order valence-electron chi connectivity index (χ2n) is 13.2. The highest BCUT2D eigenvalue weighted by Gasteiger charge is 2.65. The summed E-state index contributed by atoms with van der Waals surface area (Å²) >= 11 is 0. The van der Waals surface area contributed by atoms with Gasteiger partial charge in [-0.25, -0.2) is 19.4 Å². The summed E-state index contributed by atoms with van der Waals surface area (Å²) in [6.45, 7) is -0.820. The zero-order valence-corrected chi connectivity index (χ0v) is 31.3. The first kappa shape index (κ1) is 43.8. The minimum absolute atomic E-state index is 0.175. The topological polar surface area (TPSA) is 133 Å². The van der Waals surface area contributed by atoms with Gasteiger partial charge in [-0.3, -0.25) is 13.9 Å². The first-order valence-electron chi connectivity index (χ1n) is 17.8. The van der Waals surface area contributed by atoms with Crippen LogP contribution in [-0.2, 0) is 60.4 Å². The first-order valence-corrected chi connectivity index (χ1v) is 17.8. The number of aromatic nitrogens is 4. The van der Waals surface area contributed by atoms with Gasteiger partial charge in [-0.1, -0.05) is 92.8 Å². The predicted octanol–water partition coefficient (Wildman–Crippen LogP) is 6.22. The largest absolute Gasteiger partial charge is 0.459 e. The Labute approximate surface area is 317 Å². The van der Waals surface area contributed by atoms with Crippen LogP contribution >= 0.6 is 0 Å². The van der Waals surface area contributed by atoms with Crippen molar-refractivity contribution in [1.82, 2.24) is 18.7 Å². The number of hydrogen-bond donors (Lipinski definition) is 0. The maximum Gasteiger partial charge on any atom is 0.432 e. The molecular formula is C38H44F6N4O8. The number of benzene rings is 2. The van der Waals surface area contributed by atoms with E-state index in [2.05, 4.69) is 4.98 Å². The van der Waals surface area contributed by atoms with Crippen LogP contribution in [0.1, 0.15) is 62.5 Å². The molecule has 0 aliphatic heterocycles. The fourth-order valence-corrected chi connectivity index (χ4v) is 6.57. The Kier molecular flexibility index (Phi) is 14.3. The van der Waals surface area contributed by atoms with Crippen molar-refractivity contribution in [3.8, 4) is 0 Å². The predicted molar refractivity (Wildman–Crippen MR) is 190 cm³/mol. The summed E-state index contributed by atoms with van der Waals surface area (Å²) in [6, 6.07) is 11.9. The zero-order chi connectivity index (χ0) is 41.3. The molecule has 0 radical (unpaired) electrons. The molecule has 0 saturated heterocycles. The molecule has 4 aromatic rings. The highest BCUT2D eigenvalue weighted by molar-refractivity contribution is 5.84. The third-order valence-electron chi connectivity index (χ3n) is 9.63. The maximum absolute atomic E-state index is 14.6. The zero-order valence-electron chi connectivity index (χ0n) is 31.3. The maximum atomic E-state index is 14.6. The van der Waals surface area contributed by atoms with Crippen molar-refractivity contribution >= 4 is 23.1 Å². The van der Waals surface area contributed by atoms with Gasteiger partial charge < -0.3 is 23.5 Å². The van der Waals surface area contributed by atoms with Crippen LogP contribution in [0.3, 0.4) is 0 Å². The van der Waals surface area contributed by atoms with E-state index >= 15 is 0 Å². The summed E-state index contributed by atoms with van der Waals surface area (Å²) in [5.41, 5.74) is -8.68. The van der Waals surface area contributed by atoms with Crippen molar-refractivity contribution < 1.29 is 54.9 Å². The van der Waals surface area contributed by atoms with Crippen molar-refractivity contribution in [2.75, 3.05) is 20.8 Å². The second kappa shape index (κ2) is 18.3. The summed E-state index contributed by atoms with van der Waals surface area (Å²) in [4.78, 5) is 56.4. The lowest BCUT2D eigenvalue weighted by molar-refractivity contribution is -0.282. The smallest absolute Gasteiger partial charge is 0.432 e. The SMILES string of the molecule is COC(C(=O)OCC(CCCCCCCCCn1c(=O)c2c(ncn2C)n(C)c1=O)OC(=O)C(OC)(c1ccccc1)C(F)(F)F)(c1ccccc1)C(F)(F)F. The van der Waals surface area contributed by atoms with E-state index in [-0.39, 0.29) is 19.4 Å². The van der Waals surface area contributed by atoms with Crippen molar-refractivity contribution in [2.45, 2.75) is 87.6 Å². The number of imidazole rings is 1. The molecule has 0 saturated carbocycles. The van der Waals surface area contributed by atoms with Crippen LogP contribution in [0.25, 0.3) is 11.2 Å². The van der Waals surface area contributed by atoms with Gasteiger partial charge in [-0.2, -0.15) is 26.3 Å². The molecular weight excluding hydrogens is 754 g/mol. The molecule has 0 aliphatic carbocycles. The highest BCUT2D eigenvalue weighted by Crippen LogP contribution is 2.44. The fraction of sp³-hybridized carbons (Fsp3) is 0.500. The van der Waals surface area contributed by atoms with Crippen LogP contribution in [0, 0.1) is 0 Å². The summed E-state index contributed by atoms with van der Waals surface area (Å²) in [7, 11) is 4.54. The first-order chi connectivity index (χ1) is 26.5. The van der Waals surface area contributed by atoms with E-state index in [1.807, 2.05) is 0 Å². The molecule has 3 atom stereocenters. The Morgan fingerprint density at radius 3 is 1.70 bits per heavy atom. The lowest BCUT2D eigenvalue weighted by Crippen LogP contribution is -2.53. The number of nitrogens with zero attached hydrogens (tertiary/aromatic N) is 4. The summed E-state index contributed by atoms with van der Waals surface area (Å²) in [5, 5.41) is 0. The third kappa shape index (κ3) is 8.85. The van der Waals surface area contributed by atoms with Crippen molar-refractivity contribution in [3.63, 3.8) is 0 Å². The van der Waals surface area contributed by atoms with E-state index in [4.69, 9.17) is 18.9 Å². The van der Waals surface area contributed by atoms with Crippen LogP contribution in [0.2, 0.25) is 0 Å². The number of methoxy groups -OCH3 is 2. The number of alkyl halides is 6. The van der Waals surface area contributed by atoms with Crippen molar-refractivity contribution in [1.29, 1.82) is 0 Å². The van der Waals surface area contributed by atoms with E-state index in [9.17, 15) is 45.5 Å². The number of carbonyl (C=O) groups is 2. The van der Waals surface area contributed by atoms with Crippen LogP contribution < -0.4 is 11.2 Å². The van der Waals surface area contributed by atoms with Gasteiger partial charge in [-0.05, 0) is 19.3 Å². The summed E-state index contributed by atoms with van der Waals surface area (Å²) < 4.78 is 111. The summed E-state index contributed by atoms with van der Waals surface area (Å²) in [6.07, 6.45) is -7.03. The molecule has 0 aliphatic rings. The quantitative estimate of drug-likeness (QED) is 0.0617. The molecule has 12 nitrogen and oxygen atoms in total. The molecule has 0 amide bonds. The molecule has 18 heteroatoms. The van der Waals surface area contributed by atoms with E-state index in [0.717, 1.165) is 24.3 Å². The number of unbranched alkanes of at least 4 members (excludes halogenated alkanes) is 6. The lowest BCUT2D eigenvalue weighted by Gasteiger charge is -2.34. The number of aryl methyl sites for hydroxylation is 2. The molecule has 0 fully saturated rings. The van der Waals surface area contributed by atoms with Crippen LogP contribution in [0.4, 0.5) is 26.3 Å². The molecule has 0 N–H and O–H groups in total. The van der Waals surface area contributed by atoms with Gasteiger partial charge in [0.2, 0.25) is 0 Å². The third-order valence-corrected chi connectivity index (χ3v) is 9.63. The molecule has 4 rings (SSSR count). The van der Waals surface area contributed by atoms with E-state index in [1.54, 1.807) is 11.6 Å². The van der Waals surface area contributed by atoms with Gasteiger partial charge in [0.15, 0.2) is 11.2 Å². The number of rotatable bonds is 19. The van der Waals surface area contributed by atoms with Crippen LogP contribution in [0.15, 0.2) is 76.6 Å².